The molecule has 0 spiro atoms. The van der Waals surface area contributed by atoms with E-state index in [0.717, 1.165) is 39.9 Å². The minimum absolute atomic E-state index is 0.236. The molecule has 4 aromatic heterocycles. The Morgan fingerprint density at radius 1 is 0.970 bits per heavy atom. The molecule has 0 radical (unpaired) electrons. The SMILES string of the molecule is Cn1cc(-c2nc3cnccc3nc2N2CCc3c(cnn3-c3ccc(F)cc3F)C2)cn1. The first-order chi connectivity index (χ1) is 16.1. The average Bonchev–Trinajstić information content (AvgIpc) is 3.44. The lowest BCUT2D eigenvalue weighted by atomic mass is 10.1. The first-order valence-electron chi connectivity index (χ1n) is 10.4. The van der Waals surface area contributed by atoms with Crippen LogP contribution < -0.4 is 4.90 Å². The van der Waals surface area contributed by atoms with Crippen molar-refractivity contribution in [1.29, 1.82) is 0 Å². The maximum atomic E-state index is 14.4. The van der Waals surface area contributed by atoms with Crippen LogP contribution in [0.1, 0.15) is 11.3 Å². The molecule has 0 saturated carbocycles. The third kappa shape index (κ3) is 3.30. The lowest BCUT2D eigenvalue weighted by molar-refractivity contribution is 0.569. The molecule has 1 aliphatic rings. The summed E-state index contributed by atoms with van der Waals surface area (Å²) in [5.41, 5.74) is 5.14. The van der Waals surface area contributed by atoms with Gasteiger partial charge in [-0.2, -0.15) is 10.2 Å². The Labute approximate surface area is 187 Å². The van der Waals surface area contributed by atoms with Crippen LogP contribution in [0.2, 0.25) is 0 Å². The van der Waals surface area contributed by atoms with E-state index in [0.29, 0.717) is 25.0 Å². The summed E-state index contributed by atoms with van der Waals surface area (Å²) in [6, 6.07) is 5.36. The van der Waals surface area contributed by atoms with E-state index < -0.39 is 11.6 Å². The first-order valence-corrected chi connectivity index (χ1v) is 10.4. The highest BCUT2D eigenvalue weighted by molar-refractivity contribution is 5.82. The molecule has 0 atom stereocenters. The van der Waals surface area contributed by atoms with E-state index in [2.05, 4.69) is 20.1 Å². The highest BCUT2D eigenvalue weighted by atomic mass is 19.1. The number of aromatic nitrogens is 7. The van der Waals surface area contributed by atoms with Crippen molar-refractivity contribution >= 4 is 16.9 Å². The largest absolute Gasteiger partial charge is 0.350 e. The van der Waals surface area contributed by atoms with E-state index in [1.54, 1.807) is 34.2 Å². The molecule has 164 valence electrons. The predicted molar refractivity (Wildman–Crippen MR) is 118 cm³/mol. The Bertz CT molecular complexity index is 1510. The van der Waals surface area contributed by atoms with Crippen molar-refractivity contribution in [1.82, 2.24) is 34.5 Å². The number of pyridine rings is 1. The van der Waals surface area contributed by atoms with Gasteiger partial charge in [-0.3, -0.25) is 9.67 Å². The Balaban J connectivity index is 1.41. The zero-order chi connectivity index (χ0) is 22.5. The summed E-state index contributed by atoms with van der Waals surface area (Å²) < 4.78 is 31.0. The maximum absolute atomic E-state index is 14.4. The molecule has 0 saturated heterocycles. The summed E-state index contributed by atoms with van der Waals surface area (Å²) in [5.74, 6) is -0.513. The van der Waals surface area contributed by atoms with Gasteiger partial charge in [-0.1, -0.05) is 0 Å². The zero-order valence-corrected chi connectivity index (χ0v) is 17.7. The molecule has 5 heterocycles. The number of aryl methyl sites for hydroxylation is 1. The van der Waals surface area contributed by atoms with Gasteiger partial charge in [0.1, 0.15) is 22.7 Å². The number of nitrogens with zero attached hydrogens (tertiary/aromatic N) is 8. The Kier molecular flexibility index (Phi) is 4.39. The molecule has 6 rings (SSSR count). The standard InChI is InChI=1S/C23H18F2N8/c1-31-12-15(10-27-31)22-23(30-18-4-6-26-11-19(18)29-22)32-7-5-20-14(13-32)9-28-33(20)21-3-2-16(24)8-17(21)25/h2-4,6,8-12H,5,7,13H2,1H3. The molecular formula is C23H18F2N8. The predicted octanol–water partition coefficient (Wildman–Crippen LogP) is 3.45. The van der Waals surface area contributed by atoms with E-state index in [1.165, 1.54) is 12.1 Å². The van der Waals surface area contributed by atoms with Crippen LogP contribution in [0.3, 0.4) is 0 Å². The van der Waals surface area contributed by atoms with Crippen molar-refractivity contribution < 1.29 is 8.78 Å². The van der Waals surface area contributed by atoms with Crippen LogP contribution >= 0.6 is 0 Å². The molecule has 0 bridgehead atoms. The summed E-state index contributed by atoms with van der Waals surface area (Å²) in [4.78, 5) is 16.1. The summed E-state index contributed by atoms with van der Waals surface area (Å²) >= 11 is 0. The van der Waals surface area contributed by atoms with E-state index in [-0.39, 0.29) is 5.69 Å². The molecule has 1 aromatic carbocycles. The summed E-state index contributed by atoms with van der Waals surface area (Å²) in [6.45, 7) is 1.18. The van der Waals surface area contributed by atoms with Crippen LogP contribution in [-0.2, 0) is 20.0 Å². The van der Waals surface area contributed by atoms with Gasteiger partial charge >= 0.3 is 0 Å². The number of rotatable bonds is 3. The fourth-order valence-corrected chi connectivity index (χ4v) is 4.23. The van der Waals surface area contributed by atoms with Gasteiger partial charge in [-0.25, -0.2) is 23.4 Å². The minimum atomic E-state index is -0.642. The fraction of sp³-hybridized carbons (Fsp3) is 0.174. The first kappa shape index (κ1) is 19.5. The molecule has 10 heteroatoms. The fourth-order valence-electron chi connectivity index (χ4n) is 4.23. The quantitative estimate of drug-likeness (QED) is 0.424. The van der Waals surface area contributed by atoms with Gasteiger partial charge in [-0.05, 0) is 18.2 Å². The molecule has 0 unspecified atom stereocenters. The number of hydrogen-bond donors (Lipinski definition) is 0. The van der Waals surface area contributed by atoms with Crippen molar-refractivity contribution in [2.75, 3.05) is 11.4 Å². The second kappa shape index (κ2) is 7.44. The molecule has 0 fully saturated rings. The van der Waals surface area contributed by atoms with Crippen molar-refractivity contribution in [3.05, 3.63) is 78.1 Å². The summed E-state index contributed by atoms with van der Waals surface area (Å²) in [5, 5.41) is 8.68. The van der Waals surface area contributed by atoms with Gasteiger partial charge in [0.05, 0.1) is 29.8 Å². The van der Waals surface area contributed by atoms with Gasteiger partial charge in [0, 0.05) is 56.1 Å². The van der Waals surface area contributed by atoms with Crippen LogP contribution in [0.5, 0.6) is 0 Å². The average molecular weight is 444 g/mol. The molecule has 5 aromatic rings. The van der Waals surface area contributed by atoms with Crippen molar-refractivity contribution in [3.8, 4) is 16.9 Å². The highest BCUT2D eigenvalue weighted by Gasteiger charge is 2.26. The van der Waals surface area contributed by atoms with Crippen molar-refractivity contribution in [2.45, 2.75) is 13.0 Å². The zero-order valence-electron chi connectivity index (χ0n) is 17.7. The van der Waals surface area contributed by atoms with E-state index in [1.807, 2.05) is 19.3 Å². The van der Waals surface area contributed by atoms with Crippen LogP contribution in [-0.4, -0.2) is 41.1 Å². The highest BCUT2D eigenvalue weighted by Crippen LogP contribution is 2.33. The van der Waals surface area contributed by atoms with Gasteiger partial charge in [0.2, 0.25) is 0 Å². The Morgan fingerprint density at radius 2 is 1.88 bits per heavy atom. The molecule has 0 amide bonds. The molecule has 1 aliphatic heterocycles. The lowest BCUT2D eigenvalue weighted by Crippen LogP contribution is -2.32. The number of fused-ring (bicyclic) bond motifs is 2. The molecule has 8 nitrogen and oxygen atoms in total. The van der Waals surface area contributed by atoms with Crippen LogP contribution in [0.25, 0.3) is 28.0 Å². The van der Waals surface area contributed by atoms with Crippen LogP contribution in [0.4, 0.5) is 14.6 Å². The van der Waals surface area contributed by atoms with Gasteiger partial charge in [0.25, 0.3) is 0 Å². The van der Waals surface area contributed by atoms with E-state index >= 15 is 0 Å². The van der Waals surface area contributed by atoms with Crippen molar-refractivity contribution in [2.24, 2.45) is 7.05 Å². The minimum Gasteiger partial charge on any atom is -0.350 e. The maximum Gasteiger partial charge on any atom is 0.156 e. The third-order valence-corrected chi connectivity index (χ3v) is 5.80. The van der Waals surface area contributed by atoms with Crippen LogP contribution in [0, 0.1) is 11.6 Å². The number of anilines is 1. The summed E-state index contributed by atoms with van der Waals surface area (Å²) in [7, 11) is 1.86. The molecule has 0 aliphatic carbocycles. The normalized spacial score (nSPS) is 13.5. The second-order valence-electron chi connectivity index (χ2n) is 7.96. The Morgan fingerprint density at radius 3 is 2.70 bits per heavy atom. The monoisotopic (exact) mass is 444 g/mol. The topological polar surface area (TPSA) is 77.5 Å². The Hall–Kier alpha value is -4.21. The number of benzene rings is 1. The van der Waals surface area contributed by atoms with Gasteiger partial charge in [-0.15, -0.1) is 0 Å². The second-order valence-corrected chi connectivity index (χ2v) is 7.96. The number of halogens is 2. The molecule has 0 N–H and O–H groups in total. The number of hydrogen-bond acceptors (Lipinski definition) is 6. The lowest BCUT2D eigenvalue weighted by Gasteiger charge is -2.29. The van der Waals surface area contributed by atoms with Gasteiger partial charge in [0.15, 0.2) is 11.6 Å². The molecular weight excluding hydrogens is 426 g/mol. The summed E-state index contributed by atoms with van der Waals surface area (Å²) in [6.07, 6.45) is 9.41. The van der Waals surface area contributed by atoms with E-state index in [9.17, 15) is 8.78 Å². The van der Waals surface area contributed by atoms with E-state index in [4.69, 9.17) is 9.97 Å². The smallest absolute Gasteiger partial charge is 0.156 e. The molecule has 33 heavy (non-hydrogen) atoms. The third-order valence-electron chi connectivity index (χ3n) is 5.80. The van der Waals surface area contributed by atoms with Gasteiger partial charge < -0.3 is 4.90 Å². The van der Waals surface area contributed by atoms with Crippen LogP contribution in [0.15, 0.2) is 55.2 Å². The van der Waals surface area contributed by atoms with Crippen molar-refractivity contribution in [3.63, 3.8) is 0 Å².